The number of nitrogens with zero attached hydrogens (tertiary/aromatic N) is 1. The summed E-state index contributed by atoms with van der Waals surface area (Å²) in [6.07, 6.45) is 0.964. The Morgan fingerprint density at radius 1 is 0.913 bits per heavy atom. The summed E-state index contributed by atoms with van der Waals surface area (Å²) in [6, 6.07) is 19.2. The average Bonchev–Trinajstić information content (AvgIpc) is 3.39. The molecule has 46 heavy (non-hydrogen) atoms. The van der Waals surface area contributed by atoms with Crippen LogP contribution in [0.5, 0.6) is 5.75 Å². The molecule has 1 aromatic heterocycles. The third-order valence-electron chi connectivity index (χ3n) is 7.33. The first-order valence-electron chi connectivity index (χ1n) is 14.7. The molecule has 2 N–H and O–H groups in total. The van der Waals surface area contributed by atoms with E-state index in [1.165, 1.54) is 44.6 Å². The van der Waals surface area contributed by atoms with E-state index >= 15 is 0 Å². The molecule has 4 rings (SSSR count). The minimum atomic E-state index is -1.23. The molecule has 0 spiro atoms. The number of aliphatic hydroxyl groups excluding tert-OH is 1. The van der Waals surface area contributed by atoms with Gasteiger partial charge in [0.25, 0.3) is 5.91 Å². The monoisotopic (exact) mass is 630 g/mol. The van der Waals surface area contributed by atoms with Crippen LogP contribution in [0.1, 0.15) is 54.5 Å². The summed E-state index contributed by atoms with van der Waals surface area (Å²) in [5.74, 6) is -2.46. The van der Waals surface area contributed by atoms with Gasteiger partial charge in [0, 0.05) is 30.1 Å². The minimum absolute atomic E-state index is 0.0187. The quantitative estimate of drug-likeness (QED) is 0.129. The van der Waals surface area contributed by atoms with Gasteiger partial charge in [-0.2, -0.15) is 0 Å². The van der Waals surface area contributed by atoms with Crippen molar-refractivity contribution in [1.29, 1.82) is 0 Å². The van der Waals surface area contributed by atoms with Crippen molar-refractivity contribution in [3.8, 4) is 28.0 Å². The second kappa shape index (κ2) is 15.3. The van der Waals surface area contributed by atoms with Crippen molar-refractivity contribution in [3.05, 3.63) is 107 Å². The van der Waals surface area contributed by atoms with Crippen LogP contribution in [0, 0.1) is 11.6 Å². The lowest BCUT2D eigenvalue weighted by Gasteiger charge is -2.17. The smallest absolute Gasteiger partial charge is 0.308 e. The van der Waals surface area contributed by atoms with Crippen molar-refractivity contribution in [1.82, 2.24) is 9.88 Å². The number of allylic oxidation sites excluding steroid dienone is 1. The molecular weight excluding hydrogens is 594 g/mol. The number of halogens is 2. The Morgan fingerprint density at radius 3 is 2.20 bits per heavy atom. The number of carbonyl (C=O) groups is 3. The van der Waals surface area contributed by atoms with Crippen molar-refractivity contribution in [2.24, 2.45) is 0 Å². The standard InChI is InChI=1S/C36H36F2N2O6/c1-22(2)40-30(16-15-27(41)19-28(42)20-32(43)46-4)33(25-11-13-26(37)14-12-25)34(24-8-6-5-7-9-24)35(40)36(44)39-21-23-10-17-31(45-3)29(38)18-23/h5-18,22,28,42H,19-21H2,1-4H3,(H,39,44)/b16-15+/t28-/m1/s1. The van der Waals surface area contributed by atoms with Gasteiger partial charge in [0.05, 0.1) is 32.4 Å². The molecular formula is C36H36F2N2O6. The maximum absolute atomic E-state index is 14.4. The van der Waals surface area contributed by atoms with E-state index in [-0.39, 0.29) is 36.9 Å². The molecule has 0 bridgehead atoms. The minimum Gasteiger partial charge on any atom is -0.494 e. The van der Waals surface area contributed by atoms with E-state index in [0.29, 0.717) is 33.5 Å². The summed E-state index contributed by atoms with van der Waals surface area (Å²) < 4.78 is 39.8. The third kappa shape index (κ3) is 7.94. The molecule has 1 atom stereocenters. The molecule has 0 fully saturated rings. The van der Waals surface area contributed by atoms with E-state index in [1.807, 2.05) is 44.2 Å². The molecule has 0 saturated carbocycles. The van der Waals surface area contributed by atoms with E-state index in [0.717, 1.165) is 0 Å². The first-order valence-corrected chi connectivity index (χ1v) is 14.7. The largest absolute Gasteiger partial charge is 0.494 e. The van der Waals surface area contributed by atoms with Crippen LogP contribution in [0.4, 0.5) is 8.78 Å². The molecule has 0 saturated heterocycles. The van der Waals surface area contributed by atoms with Crippen molar-refractivity contribution in [2.75, 3.05) is 14.2 Å². The number of aliphatic hydroxyl groups is 1. The second-order valence-corrected chi connectivity index (χ2v) is 10.9. The molecule has 1 heterocycles. The maximum atomic E-state index is 14.4. The van der Waals surface area contributed by atoms with Crippen LogP contribution in [0.3, 0.4) is 0 Å². The molecule has 0 aliphatic rings. The predicted molar refractivity (Wildman–Crippen MR) is 171 cm³/mol. The summed E-state index contributed by atoms with van der Waals surface area (Å²) in [5, 5.41) is 13.1. The van der Waals surface area contributed by atoms with Crippen molar-refractivity contribution in [3.63, 3.8) is 0 Å². The van der Waals surface area contributed by atoms with Gasteiger partial charge in [0.1, 0.15) is 11.5 Å². The van der Waals surface area contributed by atoms with Gasteiger partial charge in [-0.05, 0) is 67.0 Å². The topological polar surface area (TPSA) is 107 Å². The van der Waals surface area contributed by atoms with E-state index in [1.54, 1.807) is 28.8 Å². The Labute approximate surface area is 266 Å². The van der Waals surface area contributed by atoms with Crippen LogP contribution < -0.4 is 10.1 Å². The van der Waals surface area contributed by atoms with Gasteiger partial charge in [-0.1, -0.05) is 48.5 Å². The lowest BCUT2D eigenvalue weighted by Crippen LogP contribution is -2.27. The van der Waals surface area contributed by atoms with E-state index in [4.69, 9.17) is 4.74 Å². The Hall–Kier alpha value is -5.09. The number of hydrogen-bond donors (Lipinski definition) is 2. The highest BCUT2D eigenvalue weighted by atomic mass is 19.1. The lowest BCUT2D eigenvalue weighted by molar-refractivity contribution is -0.143. The summed E-state index contributed by atoms with van der Waals surface area (Å²) >= 11 is 0. The zero-order chi connectivity index (χ0) is 33.4. The van der Waals surface area contributed by atoms with E-state index in [9.17, 15) is 28.3 Å². The van der Waals surface area contributed by atoms with Crippen LogP contribution in [0.15, 0.2) is 78.9 Å². The predicted octanol–water partition coefficient (Wildman–Crippen LogP) is 6.52. The number of esters is 1. The van der Waals surface area contributed by atoms with Gasteiger partial charge < -0.3 is 24.5 Å². The number of carbonyl (C=O) groups excluding carboxylic acids is 3. The van der Waals surface area contributed by atoms with Crippen LogP contribution in [-0.4, -0.2) is 47.7 Å². The Balaban J connectivity index is 1.87. The summed E-state index contributed by atoms with van der Waals surface area (Å²) in [4.78, 5) is 38.6. The van der Waals surface area contributed by atoms with Crippen LogP contribution >= 0.6 is 0 Å². The van der Waals surface area contributed by atoms with Gasteiger partial charge in [-0.25, -0.2) is 8.78 Å². The molecule has 0 aliphatic carbocycles. The fourth-order valence-electron chi connectivity index (χ4n) is 5.23. The first-order chi connectivity index (χ1) is 22.0. The highest BCUT2D eigenvalue weighted by Crippen LogP contribution is 2.42. The number of methoxy groups -OCH3 is 2. The summed E-state index contributed by atoms with van der Waals surface area (Å²) in [5.41, 5.74) is 3.74. The highest BCUT2D eigenvalue weighted by molar-refractivity contribution is 6.07. The maximum Gasteiger partial charge on any atom is 0.308 e. The van der Waals surface area contributed by atoms with Gasteiger partial charge in [-0.15, -0.1) is 0 Å². The van der Waals surface area contributed by atoms with Crippen molar-refractivity contribution in [2.45, 2.75) is 45.4 Å². The van der Waals surface area contributed by atoms with E-state index < -0.39 is 35.4 Å². The number of hydrogen-bond acceptors (Lipinski definition) is 6. The number of rotatable bonds is 13. The Morgan fingerprint density at radius 2 is 1.59 bits per heavy atom. The number of ether oxygens (including phenoxy) is 2. The van der Waals surface area contributed by atoms with E-state index in [2.05, 4.69) is 10.1 Å². The summed E-state index contributed by atoms with van der Waals surface area (Å²) in [7, 11) is 2.56. The number of benzene rings is 3. The van der Waals surface area contributed by atoms with Crippen molar-refractivity contribution >= 4 is 23.7 Å². The Kier molecular flexibility index (Phi) is 11.2. The van der Waals surface area contributed by atoms with Crippen LogP contribution in [0.25, 0.3) is 28.3 Å². The SMILES string of the molecule is COC(=O)C[C@H](O)CC(=O)/C=C/c1c(-c2ccc(F)cc2)c(-c2ccccc2)c(C(=O)NCc2ccc(OC)c(F)c2)n1C(C)C. The molecule has 4 aromatic rings. The van der Waals surface area contributed by atoms with Gasteiger partial charge >= 0.3 is 5.97 Å². The lowest BCUT2D eigenvalue weighted by atomic mass is 9.94. The number of aromatic nitrogens is 1. The molecule has 10 heteroatoms. The normalized spacial score (nSPS) is 11.9. The third-order valence-corrected chi connectivity index (χ3v) is 7.33. The molecule has 8 nitrogen and oxygen atoms in total. The van der Waals surface area contributed by atoms with Gasteiger partial charge in [0.15, 0.2) is 17.3 Å². The zero-order valence-corrected chi connectivity index (χ0v) is 26.1. The van der Waals surface area contributed by atoms with Crippen LogP contribution in [-0.2, 0) is 20.9 Å². The molecule has 0 unspecified atom stereocenters. The van der Waals surface area contributed by atoms with Gasteiger partial charge in [0.2, 0.25) is 0 Å². The molecule has 0 aliphatic heterocycles. The first kappa shape index (κ1) is 33.8. The zero-order valence-electron chi connectivity index (χ0n) is 26.1. The Bertz CT molecular complexity index is 1730. The number of amides is 1. The fraction of sp³-hybridized carbons (Fsp3) is 0.250. The van der Waals surface area contributed by atoms with Crippen LogP contribution in [0.2, 0.25) is 0 Å². The summed E-state index contributed by atoms with van der Waals surface area (Å²) in [6.45, 7) is 3.79. The van der Waals surface area contributed by atoms with Crippen molar-refractivity contribution < 1.29 is 37.7 Å². The second-order valence-electron chi connectivity index (χ2n) is 10.9. The number of ketones is 1. The molecule has 1 amide bonds. The van der Waals surface area contributed by atoms with Gasteiger partial charge in [-0.3, -0.25) is 14.4 Å². The molecule has 3 aromatic carbocycles. The number of nitrogens with one attached hydrogen (secondary N) is 1. The highest BCUT2D eigenvalue weighted by Gasteiger charge is 2.29. The fourth-order valence-corrected chi connectivity index (χ4v) is 5.23. The average molecular weight is 631 g/mol. The molecule has 0 radical (unpaired) electrons. The molecule has 240 valence electrons.